The summed E-state index contributed by atoms with van der Waals surface area (Å²) in [4.78, 5) is 47.6. The van der Waals surface area contributed by atoms with Gasteiger partial charge in [0.1, 0.15) is 17.2 Å². The summed E-state index contributed by atoms with van der Waals surface area (Å²) in [5, 5.41) is 0. The first kappa shape index (κ1) is 57.9. The highest BCUT2D eigenvalue weighted by molar-refractivity contribution is 5.92. The van der Waals surface area contributed by atoms with Crippen LogP contribution in [0.4, 0.5) is 4.39 Å². The molecule has 0 aromatic heterocycles. The predicted octanol–water partition coefficient (Wildman–Crippen LogP) is 15.4. The van der Waals surface area contributed by atoms with Crippen LogP contribution in [-0.2, 0) is 19.1 Å². The monoisotopic (exact) mass is 957 g/mol. The van der Waals surface area contributed by atoms with Gasteiger partial charge < -0.3 is 28.4 Å². The van der Waals surface area contributed by atoms with Gasteiger partial charge in [0.05, 0.1) is 37.6 Å². The summed E-state index contributed by atoms with van der Waals surface area (Å²) in [5.74, 6) is -1.86. The average Bonchev–Trinajstić information content (AvgIpc) is 3.36. The highest BCUT2D eigenvalue weighted by Crippen LogP contribution is 2.26. The van der Waals surface area contributed by atoms with E-state index in [9.17, 15) is 23.6 Å². The Morgan fingerprint density at radius 2 is 0.667 bits per heavy atom. The van der Waals surface area contributed by atoms with E-state index in [1.165, 1.54) is 153 Å². The molecule has 11 heteroatoms. The maximum Gasteiger partial charge on any atom is 0.343 e. The standard InChI is InChI=1S/C58H81FO10/c1-3-55(60)66-45-31-27-23-19-15-11-7-5-9-13-17-21-25-29-43-64-50-37-33-48(34-38-50)57(62)68-52-41-42-54(53(59)47-52)69-58(63)49-35-39-51(40-36-49)65-44-30-26-22-18-14-10-6-8-12-16-20-24-28-32-46-67-56(61)4-2/h3-4,33-42,47H,1-2,5-32,43-46H2. The lowest BCUT2D eigenvalue weighted by Gasteiger charge is -2.10. The van der Waals surface area contributed by atoms with Crippen LogP contribution in [-0.4, -0.2) is 50.3 Å². The minimum Gasteiger partial charge on any atom is -0.494 e. The molecule has 69 heavy (non-hydrogen) atoms. The lowest BCUT2D eigenvalue weighted by molar-refractivity contribution is -0.138. The fraction of sp³-hybridized carbons (Fsp3) is 0.552. The fourth-order valence-electron chi connectivity index (χ4n) is 7.82. The molecule has 0 aliphatic heterocycles. The zero-order chi connectivity index (χ0) is 49.4. The third-order valence-corrected chi connectivity index (χ3v) is 11.9. The number of unbranched alkanes of at least 4 members (excludes halogenated alkanes) is 26. The summed E-state index contributed by atoms with van der Waals surface area (Å²) < 4.78 is 47.4. The van der Waals surface area contributed by atoms with Crippen LogP contribution in [0.5, 0.6) is 23.0 Å². The molecule has 0 fully saturated rings. The van der Waals surface area contributed by atoms with Gasteiger partial charge in [-0.2, -0.15) is 0 Å². The van der Waals surface area contributed by atoms with Crippen LogP contribution >= 0.6 is 0 Å². The summed E-state index contributed by atoms with van der Waals surface area (Å²) in [7, 11) is 0. The third-order valence-electron chi connectivity index (χ3n) is 11.9. The Morgan fingerprint density at radius 3 is 0.986 bits per heavy atom. The lowest BCUT2D eigenvalue weighted by Crippen LogP contribution is -2.11. The first-order valence-electron chi connectivity index (χ1n) is 26.1. The minimum atomic E-state index is -0.836. The summed E-state index contributed by atoms with van der Waals surface area (Å²) in [6.07, 6.45) is 35.8. The molecule has 0 N–H and O–H groups in total. The van der Waals surface area contributed by atoms with Gasteiger partial charge in [0.25, 0.3) is 0 Å². The highest BCUT2D eigenvalue weighted by atomic mass is 19.1. The van der Waals surface area contributed by atoms with Crippen molar-refractivity contribution in [1.82, 2.24) is 0 Å². The Morgan fingerprint density at radius 1 is 0.377 bits per heavy atom. The fourth-order valence-corrected chi connectivity index (χ4v) is 7.82. The van der Waals surface area contributed by atoms with Gasteiger partial charge in [-0.3, -0.25) is 0 Å². The summed E-state index contributed by atoms with van der Waals surface area (Å²) in [6, 6.07) is 16.9. The Balaban J connectivity index is 1.16. The first-order valence-corrected chi connectivity index (χ1v) is 26.1. The number of carbonyl (C=O) groups excluding carboxylic acids is 4. The quantitative estimate of drug-likeness (QED) is 0.0235. The molecular weight excluding hydrogens is 876 g/mol. The van der Waals surface area contributed by atoms with Gasteiger partial charge in [-0.05, 0) is 86.3 Å². The Labute approximate surface area is 412 Å². The van der Waals surface area contributed by atoms with Gasteiger partial charge in [-0.15, -0.1) is 0 Å². The van der Waals surface area contributed by atoms with Crippen molar-refractivity contribution in [1.29, 1.82) is 0 Å². The molecule has 0 saturated carbocycles. The molecule has 0 amide bonds. The topological polar surface area (TPSA) is 124 Å². The maximum atomic E-state index is 15.0. The van der Waals surface area contributed by atoms with E-state index in [-0.39, 0.29) is 29.0 Å². The van der Waals surface area contributed by atoms with Crippen LogP contribution in [0.3, 0.4) is 0 Å². The molecule has 0 bridgehead atoms. The molecule has 3 aromatic rings. The van der Waals surface area contributed by atoms with Crippen LogP contribution in [0.2, 0.25) is 0 Å². The molecule has 0 saturated heterocycles. The summed E-state index contributed by atoms with van der Waals surface area (Å²) in [6.45, 7) is 8.98. The van der Waals surface area contributed by atoms with E-state index in [1.54, 1.807) is 48.5 Å². The molecule has 0 radical (unpaired) electrons. The van der Waals surface area contributed by atoms with Gasteiger partial charge in [-0.1, -0.05) is 167 Å². The Bertz CT molecular complexity index is 1880. The molecule has 10 nitrogen and oxygen atoms in total. The van der Waals surface area contributed by atoms with Gasteiger partial charge in [0.2, 0.25) is 0 Å². The van der Waals surface area contributed by atoms with Crippen molar-refractivity contribution in [3.05, 3.63) is 109 Å². The Kier molecular flexibility index (Phi) is 32.2. The number of halogens is 1. The van der Waals surface area contributed by atoms with Crippen molar-refractivity contribution in [2.45, 2.75) is 180 Å². The van der Waals surface area contributed by atoms with E-state index in [1.807, 2.05) is 0 Å². The van der Waals surface area contributed by atoms with E-state index < -0.39 is 17.8 Å². The van der Waals surface area contributed by atoms with Crippen LogP contribution < -0.4 is 18.9 Å². The van der Waals surface area contributed by atoms with Crippen molar-refractivity contribution in [2.24, 2.45) is 0 Å². The number of hydrogen-bond donors (Lipinski definition) is 0. The van der Waals surface area contributed by atoms with Crippen molar-refractivity contribution < 1.29 is 52.0 Å². The third kappa shape index (κ3) is 28.6. The maximum absolute atomic E-state index is 15.0. The van der Waals surface area contributed by atoms with Gasteiger partial charge in [-0.25, -0.2) is 23.6 Å². The summed E-state index contributed by atoms with van der Waals surface area (Å²) >= 11 is 0. The second kappa shape index (κ2) is 38.4. The van der Waals surface area contributed by atoms with Gasteiger partial charge >= 0.3 is 23.9 Å². The smallest absolute Gasteiger partial charge is 0.343 e. The highest BCUT2D eigenvalue weighted by Gasteiger charge is 2.16. The van der Waals surface area contributed by atoms with Crippen LogP contribution in [0.1, 0.15) is 200 Å². The SMILES string of the molecule is C=CC(=O)OCCCCCCCCCCCCCCCCOc1ccc(C(=O)Oc2ccc(OC(=O)c3ccc(OCCCCCCCCCCCCCCCCOC(=O)C=C)cc3)c(F)c2)cc1. The molecule has 0 atom stereocenters. The largest absolute Gasteiger partial charge is 0.494 e. The zero-order valence-corrected chi connectivity index (χ0v) is 41.5. The molecule has 0 unspecified atom stereocenters. The zero-order valence-electron chi connectivity index (χ0n) is 41.5. The van der Waals surface area contributed by atoms with Crippen LogP contribution in [0.25, 0.3) is 0 Å². The molecule has 0 aliphatic carbocycles. The molecule has 3 rings (SSSR count). The molecule has 0 spiro atoms. The molecule has 3 aromatic carbocycles. The van der Waals surface area contributed by atoms with E-state index >= 15 is 0 Å². The number of esters is 4. The molecule has 0 aliphatic rings. The molecule has 380 valence electrons. The number of carbonyl (C=O) groups is 4. The number of hydrogen-bond acceptors (Lipinski definition) is 10. The van der Waals surface area contributed by atoms with Crippen LogP contribution in [0.15, 0.2) is 92.0 Å². The van der Waals surface area contributed by atoms with Crippen LogP contribution in [0, 0.1) is 5.82 Å². The van der Waals surface area contributed by atoms with E-state index in [0.717, 1.165) is 57.4 Å². The second-order valence-corrected chi connectivity index (χ2v) is 17.8. The van der Waals surface area contributed by atoms with Crippen molar-refractivity contribution in [2.75, 3.05) is 26.4 Å². The molecular formula is C58H81FO10. The van der Waals surface area contributed by atoms with Crippen molar-refractivity contribution in [3.63, 3.8) is 0 Å². The van der Waals surface area contributed by atoms with Gasteiger partial charge in [0, 0.05) is 18.2 Å². The lowest BCUT2D eigenvalue weighted by atomic mass is 10.0. The first-order chi connectivity index (χ1) is 33.8. The van der Waals surface area contributed by atoms with E-state index in [4.69, 9.17) is 28.4 Å². The van der Waals surface area contributed by atoms with Gasteiger partial charge in [0.15, 0.2) is 11.6 Å². The van der Waals surface area contributed by atoms with Crippen molar-refractivity contribution >= 4 is 23.9 Å². The average molecular weight is 957 g/mol. The predicted molar refractivity (Wildman–Crippen MR) is 272 cm³/mol. The number of rotatable bonds is 42. The normalized spacial score (nSPS) is 10.9. The second-order valence-electron chi connectivity index (χ2n) is 17.8. The van der Waals surface area contributed by atoms with E-state index in [2.05, 4.69) is 13.2 Å². The van der Waals surface area contributed by atoms with Crippen molar-refractivity contribution in [3.8, 4) is 23.0 Å². The number of benzene rings is 3. The Hall–Kier alpha value is -5.45. The minimum absolute atomic E-state index is 0.0156. The summed E-state index contributed by atoms with van der Waals surface area (Å²) in [5.41, 5.74) is 0.546. The molecule has 0 heterocycles. The van der Waals surface area contributed by atoms with E-state index in [0.29, 0.717) is 43.5 Å². The number of ether oxygens (including phenoxy) is 6.